The number of aliphatic carboxylic acids is 1. The molecule has 2 amide bonds. The van der Waals surface area contributed by atoms with Crippen molar-refractivity contribution in [3.63, 3.8) is 0 Å². The molecule has 0 saturated carbocycles. The van der Waals surface area contributed by atoms with Gasteiger partial charge >= 0.3 is 18.2 Å². The van der Waals surface area contributed by atoms with E-state index in [9.17, 15) is 19.5 Å². The molecule has 46 heavy (non-hydrogen) atoms. The Bertz CT molecular complexity index is 1790. The summed E-state index contributed by atoms with van der Waals surface area (Å²) in [7, 11) is 0. The van der Waals surface area contributed by atoms with Gasteiger partial charge in [0, 0.05) is 18.0 Å². The van der Waals surface area contributed by atoms with Crippen LogP contribution in [0.25, 0.3) is 22.3 Å². The smallest absolute Gasteiger partial charge is 0.411 e. The number of carboxylic acids is 1. The van der Waals surface area contributed by atoms with Crippen LogP contribution in [0.15, 0.2) is 127 Å². The van der Waals surface area contributed by atoms with E-state index in [-0.39, 0.29) is 25.6 Å². The first-order valence-electron chi connectivity index (χ1n) is 15.0. The third-order valence-corrected chi connectivity index (χ3v) is 8.01. The molecule has 1 atom stereocenters. The predicted molar refractivity (Wildman–Crippen MR) is 175 cm³/mol. The van der Waals surface area contributed by atoms with E-state index in [1.54, 1.807) is 12.1 Å². The van der Waals surface area contributed by atoms with Gasteiger partial charge in [-0.2, -0.15) is 0 Å². The van der Waals surface area contributed by atoms with Crippen LogP contribution in [-0.2, 0) is 27.3 Å². The van der Waals surface area contributed by atoms with E-state index < -0.39 is 24.2 Å². The van der Waals surface area contributed by atoms with Crippen LogP contribution >= 0.6 is 0 Å². The number of amides is 2. The van der Waals surface area contributed by atoms with Crippen LogP contribution < -0.4 is 10.6 Å². The Kier molecular flexibility index (Phi) is 9.06. The van der Waals surface area contributed by atoms with Gasteiger partial charge in [0.25, 0.3) is 0 Å². The Hall–Kier alpha value is -5.89. The van der Waals surface area contributed by atoms with Crippen molar-refractivity contribution in [3.8, 4) is 22.3 Å². The van der Waals surface area contributed by atoms with Crippen LogP contribution in [0.1, 0.15) is 28.2 Å². The summed E-state index contributed by atoms with van der Waals surface area (Å²) in [4.78, 5) is 36.9. The van der Waals surface area contributed by atoms with E-state index in [1.165, 1.54) is 0 Å². The number of hydrogen-bond donors (Lipinski definition) is 3. The monoisotopic (exact) mass is 612 g/mol. The molecule has 0 aliphatic heterocycles. The third kappa shape index (κ3) is 7.08. The molecule has 0 spiro atoms. The van der Waals surface area contributed by atoms with Gasteiger partial charge in [0.15, 0.2) is 0 Å². The zero-order valence-corrected chi connectivity index (χ0v) is 24.9. The van der Waals surface area contributed by atoms with Gasteiger partial charge in [-0.3, -0.25) is 5.32 Å². The van der Waals surface area contributed by atoms with Crippen molar-refractivity contribution in [2.45, 2.75) is 25.0 Å². The van der Waals surface area contributed by atoms with Crippen molar-refractivity contribution >= 4 is 23.8 Å². The Balaban J connectivity index is 1.01. The van der Waals surface area contributed by atoms with Crippen molar-refractivity contribution in [2.24, 2.45) is 0 Å². The first kappa shape index (κ1) is 30.1. The second-order valence-electron chi connectivity index (χ2n) is 11.0. The summed E-state index contributed by atoms with van der Waals surface area (Å²) in [6, 6.07) is 39.1. The number of carbonyl (C=O) groups is 3. The van der Waals surface area contributed by atoms with Crippen molar-refractivity contribution in [2.75, 3.05) is 11.9 Å². The Morgan fingerprint density at radius 2 is 1.20 bits per heavy atom. The van der Waals surface area contributed by atoms with Gasteiger partial charge in [-0.1, -0.05) is 115 Å². The maximum Gasteiger partial charge on any atom is 0.411 e. The molecule has 8 nitrogen and oxygen atoms in total. The Labute approximate surface area is 266 Å². The van der Waals surface area contributed by atoms with Crippen molar-refractivity contribution < 1.29 is 29.0 Å². The van der Waals surface area contributed by atoms with Gasteiger partial charge in [-0.15, -0.1) is 0 Å². The van der Waals surface area contributed by atoms with Gasteiger partial charge in [-0.25, -0.2) is 14.4 Å². The number of nitrogens with one attached hydrogen (secondary N) is 2. The SMILES string of the molecule is O=C(Nc1ccc(-c2ccc(CC(NC(=O)OCC3c4ccccc4-c4ccccc43)C(=O)O)cc2)cc1)OCc1ccccc1. The number of fused-ring (bicyclic) bond motifs is 3. The number of ether oxygens (including phenoxy) is 2. The summed E-state index contributed by atoms with van der Waals surface area (Å²) >= 11 is 0. The lowest BCUT2D eigenvalue weighted by molar-refractivity contribution is -0.139. The summed E-state index contributed by atoms with van der Waals surface area (Å²) in [5, 5.41) is 15.1. The number of rotatable bonds is 10. The first-order chi connectivity index (χ1) is 22.4. The zero-order chi connectivity index (χ0) is 31.9. The number of hydrogen-bond acceptors (Lipinski definition) is 5. The standard InChI is InChI=1S/C38H32N2O6/c41-36(42)35(40-38(44)46-24-34-32-12-6-4-10-30(32)31-11-5-7-13-33(31)34)22-25-14-16-27(17-15-25)28-18-20-29(21-19-28)39-37(43)45-23-26-8-2-1-3-9-26/h1-21,34-35H,22-24H2,(H,39,43)(H,40,44)(H,41,42). The molecule has 5 aromatic rings. The molecule has 0 radical (unpaired) electrons. The second kappa shape index (κ2) is 13.8. The third-order valence-electron chi connectivity index (χ3n) is 8.01. The molecule has 0 fully saturated rings. The van der Waals surface area contributed by atoms with E-state index in [0.717, 1.165) is 44.5 Å². The first-order valence-corrected chi connectivity index (χ1v) is 15.0. The highest BCUT2D eigenvalue weighted by Crippen LogP contribution is 2.44. The van der Waals surface area contributed by atoms with Gasteiger partial charge in [0.1, 0.15) is 19.3 Å². The molecule has 3 N–H and O–H groups in total. The molecular formula is C38H32N2O6. The largest absolute Gasteiger partial charge is 0.480 e. The van der Waals surface area contributed by atoms with E-state index in [4.69, 9.17) is 9.47 Å². The lowest BCUT2D eigenvalue weighted by Crippen LogP contribution is -2.42. The lowest BCUT2D eigenvalue weighted by Gasteiger charge is -2.17. The number of anilines is 1. The normalized spacial score (nSPS) is 12.3. The average Bonchev–Trinajstić information content (AvgIpc) is 3.41. The highest BCUT2D eigenvalue weighted by molar-refractivity contribution is 5.85. The summed E-state index contributed by atoms with van der Waals surface area (Å²) in [5.41, 5.74) is 8.48. The van der Waals surface area contributed by atoms with Gasteiger partial charge in [-0.05, 0) is 56.6 Å². The minimum atomic E-state index is -1.16. The summed E-state index contributed by atoms with van der Waals surface area (Å²) in [5.74, 6) is -1.27. The van der Waals surface area contributed by atoms with Crippen LogP contribution in [0.4, 0.5) is 15.3 Å². The molecule has 0 bridgehead atoms. The minimum Gasteiger partial charge on any atom is -0.480 e. The Morgan fingerprint density at radius 1 is 0.630 bits per heavy atom. The quantitative estimate of drug-likeness (QED) is 0.149. The molecule has 0 aromatic heterocycles. The van der Waals surface area contributed by atoms with Crippen LogP contribution in [0, 0.1) is 0 Å². The highest BCUT2D eigenvalue weighted by atomic mass is 16.6. The maximum absolute atomic E-state index is 12.7. The van der Waals surface area contributed by atoms with Crippen LogP contribution in [0.5, 0.6) is 0 Å². The molecule has 0 saturated heterocycles. The van der Waals surface area contributed by atoms with E-state index in [2.05, 4.69) is 22.8 Å². The van der Waals surface area contributed by atoms with Gasteiger partial charge in [0.05, 0.1) is 0 Å². The lowest BCUT2D eigenvalue weighted by atomic mass is 9.98. The van der Waals surface area contributed by atoms with Crippen molar-refractivity contribution in [1.82, 2.24) is 5.32 Å². The highest BCUT2D eigenvalue weighted by Gasteiger charge is 2.29. The number of alkyl carbamates (subject to hydrolysis) is 1. The number of carboxylic acid groups (broad SMARTS) is 1. The molecule has 1 aliphatic rings. The molecule has 230 valence electrons. The van der Waals surface area contributed by atoms with Crippen LogP contribution in [0.2, 0.25) is 0 Å². The predicted octanol–water partition coefficient (Wildman–Crippen LogP) is 7.64. The Morgan fingerprint density at radius 3 is 1.80 bits per heavy atom. The van der Waals surface area contributed by atoms with Crippen molar-refractivity contribution in [1.29, 1.82) is 0 Å². The average molecular weight is 613 g/mol. The molecule has 0 heterocycles. The maximum atomic E-state index is 12.7. The topological polar surface area (TPSA) is 114 Å². The molecule has 1 aliphatic carbocycles. The fraction of sp³-hybridized carbons (Fsp3) is 0.132. The minimum absolute atomic E-state index is 0.0910. The second-order valence-corrected chi connectivity index (χ2v) is 11.0. The summed E-state index contributed by atoms with van der Waals surface area (Å²) < 4.78 is 10.8. The van der Waals surface area contributed by atoms with E-state index in [0.29, 0.717) is 5.69 Å². The van der Waals surface area contributed by atoms with Gasteiger partial charge in [0.2, 0.25) is 0 Å². The van der Waals surface area contributed by atoms with E-state index >= 15 is 0 Å². The number of carbonyl (C=O) groups excluding carboxylic acids is 2. The zero-order valence-electron chi connectivity index (χ0n) is 24.9. The van der Waals surface area contributed by atoms with Crippen molar-refractivity contribution in [3.05, 3.63) is 150 Å². The van der Waals surface area contributed by atoms with Gasteiger partial charge < -0.3 is 19.9 Å². The molecular weight excluding hydrogens is 580 g/mol. The molecule has 6 rings (SSSR count). The molecule has 5 aromatic carbocycles. The molecule has 1 unspecified atom stereocenters. The fourth-order valence-electron chi connectivity index (χ4n) is 5.67. The molecule has 8 heteroatoms. The number of benzene rings is 5. The van der Waals surface area contributed by atoms with Crippen LogP contribution in [0.3, 0.4) is 0 Å². The summed E-state index contributed by atoms with van der Waals surface area (Å²) in [6.45, 7) is 0.283. The van der Waals surface area contributed by atoms with Crippen LogP contribution in [-0.4, -0.2) is 35.9 Å². The fourth-order valence-corrected chi connectivity index (χ4v) is 5.67. The van der Waals surface area contributed by atoms with E-state index in [1.807, 2.05) is 103 Å². The summed E-state index contributed by atoms with van der Waals surface area (Å²) in [6.07, 6.45) is -1.22.